The summed E-state index contributed by atoms with van der Waals surface area (Å²) in [6.07, 6.45) is 0.741. The number of nitrogens with two attached hydrogens (primary N) is 1. The summed E-state index contributed by atoms with van der Waals surface area (Å²) in [6, 6.07) is 5.53. The summed E-state index contributed by atoms with van der Waals surface area (Å²) in [4.78, 5) is 13.5. The maximum atomic E-state index is 11.8. The Labute approximate surface area is 97.4 Å². The van der Waals surface area contributed by atoms with Crippen LogP contribution in [-0.2, 0) is 4.79 Å². The van der Waals surface area contributed by atoms with Gasteiger partial charge in [-0.15, -0.1) is 0 Å². The molecule has 0 radical (unpaired) electrons. The highest BCUT2D eigenvalue weighted by atomic mass is 79.9. The Morgan fingerprint density at radius 1 is 1.53 bits per heavy atom. The lowest BCUT2D eigenvalue weighted by Gasteiger charge is -2.19. The molecular weight excluding hydrogens is 256 g/mol. The molecule has 1 aliphatic rings. The van der Waals surface area contributed by atoms with E-state index in [1.54, 1.807) is 4.90 Å². The van der Waals surface area contributed by atoms with E-state index in [9.17, 15) is 4.79 Å². The number of benzene rings is 1. The first kappa shape index (κ1) is 10.6. The summed E-state index contributed by atoms with van der Waals surface area (Å²) in [5.41, 5.74) is 7.73. The molecule has 1 fully saturated rings. The fourth-order valence-electron chi connectivity index (χ4n) is 1.83. The molecule has 1 aromatic rings. The van der Waals surface area contributed by atoms with Crippen LogP contribution < -0.4 is 10.6 Å². The van der Waals surface area contributed by atoms with Gasteiger partial charge < -0.3 is 10.6 Å². The van der Waals surface area contributed by atoms with Crippen LogP contribution in [-0.4, -0.2) is 18.5 Å². The molecule has 1 heterocycles. The van der Waals surface area contributed by atoms with E-state index in [0.29, 0.717) is 0 Å². The van der Waals surface area contributed by atoms with E-state index >= 15 is 0 Å². The maximum absolute atomic E-state index is 11.8. The number of halogens is 1. The SMILES string of the molecule is Cc1c(Br)cccc1N1CCC(N)C1=O. The smallest absolute Gasteiger partial charge is 0.243 e. The van der Waals surface area contributed by atoms with Gasteiger partial charge in [-0.05, 0) is 31.0 Å². The Morgan fingerprint density at radius 2 is 2.27 bits per heavy atom. The molecule has 0 aliphatic carbocycles. The number of carbonyl (C=O) groups excluding carboxylic acids is 1. The molecule has 1 saturated heterocycles. The Bertz CT molecular complexity index is 406. The van der Waals surface area contributed by atoms with Crippen LogP contribution in [0.1, 0.15) is 12.0 Å². The van der Waals surface area contributed by atoms with E-state index in [4.69, 9.17) is 5.73 Å². The largest absolute Gasteiger partial charge is 0.320 e. The van der Waals surface area contributed by atoms with Crippen LogP contribution in [0.3, 0.4) is 0 Å². The van der Waals surface area contributed by atoms with Gasteiger partial charge in [0.05, 0.1) is 6.04 Å². The van der Waals surface area contributed by atoms with Gasteiger partial charge in [0.25, 0.3) is 0 Å². The summed E-state index contributed by atoms with van der Waals surface area (Å²) in [5.74, 6) is 0.0243. The zero-order valence-corrected chi connectivity index (χ0v) is 10.1. The lowest BCUT2D eigenvalue weighted by Crippen LogP contribution is -2.34. The van der Waals surface area contributed by atoms with E-state index in [2.05, 4.69) is 15.9 Å². The third-order valence-electron chi connectivity index (χ3n) is 2.78. The lowest BCUT2D eigenvalue weighted by atomic mass is 10.2. The number of anilines is 1. The van der Waals surface area contributed by atoms with Crippen LogP contribution in [0.25, 0.3) is 0 Å². The average molecular weight is 269 g/mol. The lowest BCUT2D eigenvalue weighted by molar-refractivity contribution is -0.118. The molecule has 80 valence electrons. The predicted octanol–water partition coefficient (Wildman–Crippen LogP) is 1.82. The van der Waals surface area contributed by atoms with Crippen molar-refractivity contribution in [2.24, 2.45) is 5.73 Å². The van der Waals surface area contributed by atoms with E-state index in [1.165, 1.54) is 0 Å². The van der Waals surface area contributed by atoms with Crippen molar-refractivity contribution in [3.8, 4) is 0 Å². The van der Waals surface area contributed by atoms with E-state index < -0.39 is 0 Å². The predicted molar refractivity (Wildman–Crippen MR) is 63.8 cm³/mol. The second-order valence-corrected chi connectivity index (χ2v) is 4.62. The number of carbonyl (C=O) groups is 1. The van der Waals surface area contributed by atoms with Gasteiger partial charge in [0.2, 0.25) is 5.91 Å². The molecular formula is C11H13BrN2O. The van der Waals surface area contributed by atoms with Gasteiger partial charge in [0.15, 0.2) is 0 Å². The Balaban J connectivity index is 2.38. The highest BCUT2D eigenvalue weighted by Gasteiger charge is 2.30. The molecule has 15 heavy (non-hydrogen) atoms. The van der Waals surface area contributed by atoms with Crippen molar-refractivity contribution in [2.45, 2.75) is 19.4 Å². The molecule has 3 nitrogen and oxygen atoms in total. The summed E-state index contributed by atoms with van der Waals surface area (Å²) < 4.78 is 1.02. The number of nitrogens with zero attached hydrogens (tertiary/aromatic N) is 1. The minimum Gasteiger partial charge on any atom is -0.320 e. The van der Waals surface area contributed by atoms with Crippen LogP contribution >= 0.6 is 15.9 Å². The van der Waals surface area contributed by atoms with Gasteiger partial charge in [0.1, 0.15) is 0 Å². The molecule has 2 N–H and O–H groups in total. The van der Waals surface area contributed by atoms with Crippen molar-refractivity contribution < 1.29 is 4.79 Å². The first-order chi connectivity index (χ1) is 7.11. The van der Waals surface area contributed by atoms with Crippen LogP contribution in [0.5, 0.6) is 0 Å². The molecule has 0 saturated carbocycles. The van der Waals surface area contributed by atoms with Gasteiger partial charge in [-0.3, -0.25) is 4.79 Å². The van der Waals surface area contributed by atoms with Crippen LogP contribution in [0, 0.1) is 6.92 Å². The summed E-state index contributed by atoms with van der Waals surface area (Å²) in [6.45, 7) is 2.72. The molecule has 0 bridgehead atoms. The molecule has 0 aromatic heterocycles. The zero-order valence-electron chi connectivity index (χ0n) is 8.53. The van der Waals surface area contributed by atoms with E-state index in [0.717, 1.165) is 28.7 Å². The summed E-state index contributed by atoms with van der Waals surface area (Å²) >= 11 is 3.46. The average Bonchev–Trinajstić information content (AvgIpc) is 2.53. The molecule has 1 aliphatic heterocycles. The Kier molecular flexibility index (Phi) is 2.80. The quantitative estimate of drug-likeness (QED) is 0.845. The van der Waals surface area contributed by atoms with Crippen molar-refractivity contribution in [3.05, 3.63) is 28.2 Å². The van der Waals surface area contributed by atoms with Gasteiger partial charge in [-0.25, -0.2) is 0 Å². The van der Waals surface area contributed by atoms with Crippen molar-refractivity contribution in [3.63, 3.8) is 0 Å². The van der Waals surface area contributed by atoms with Crippen molar-refractivity contribution in [1.82, 2.24) is 0 Å². The fraction of sp³-hybridized carbons (Fsp3) is 0.364. The Hall–Kier alpha value is -0.870. The molecule has 0 spiro atoms. The molecule has 2 rings (SSSR count). The number of hydrogen-bond acceptors (Lipinski definition) is 2. The molecule has 1 aromatic carbocycles. The first-order valence-corrected chi connectivity index (χ1v) is 5.72. The van der Waals surface area contributed by atoms with Crippen molar-refractivity contribution >= 4 is 27.5 Å². The summed E-state index contributed by atoms with van der Waals surface area (Å²) in [7, 11) is 0. The van der Waals surface area contributed by atoms with Crippen LogP contribution in [0.15, 0.2) is 22.7 Å². The second-order valence-electron chi connectivity index (χ2n) is 3.77. The standard InChI is InChI=1S/C11H13BrN2O/c1-7-8(12)3-2-4-10(7)14-6-5-9(13)11(14)15/h2-4,9H,5-6,13H2,1H3. The summed E-state index contributed by atoms with van der Waals surface area (Å²) in [5, 5.41) is 0. The third-order valence-corrected chi connectivity index (χ3v) is 3.64. The molecule has 1 unspecified atom stereocenters. The highest BCUT2D eigenvalue weighted by molar-refractivity contribution is 9.10. The molecule has 1 atom stereocenters. The van der Waals surface area contributed by atoms with Gasteiger partial charge in [-0.1, -0.05) is 22.0 Å². The van der Waals surface area contributed by atoms with Crippen LogP contribution in [0.4, 0.5) is 5.69 Å². The minimum absolute atomic E-state index is 0.0243. The van der Waals surface area contributed by atoms with Crippen LogP contribution in [0.2, 0.25) is 0 Å². The van der Waals surface area contributed by atoms with Gasteiger partial charge in [0, 0.05) is 16.7 Å². The topological polar surface area (TPSA) is 46.3 Å². The number of amides is 1. The Morgan fingerprint density at radius 3 is 2.87 bits per heavy atom. The molecule has 4 heteroatoms. The molecule has 1 amide bonds. The van der Waals surface area contributed by atoms with Gasteiger partial charge >= 0.3 is 0 Å². The zero-order chi connectivity index (χ0) is 11.0. The second kappa shape index (κ2) is 3.94. The fourth-order valence-corrected chi connectivity index (χ4v) is 2.19. The minimum atomic E-state index is -0.330. The highest BCUT2D eigenvalue weighted by Crippen LogP contribution is 2.29. The first-order valence-electron chi connectivity index (χ1n) is 4.93. The third kappa shape index (κ3) is 1.79. The van der Waals surface area contributed by atoms with Crippen molar-refractivity contribution in [2.75, 3.05) is 11.4 Å². The monoisotopic (exact) mass is 268 g/mol. The number of rotatable bonds is 1. The van der Waals surface area contributed by atoms with E-state index in [1.807, 2.05) is 25.1 Å². The number of hydrogen-bond donors (Lipinski definition) is 1. The van der Waals surface area contributed by atoms with Crippen molar-refractivity contribution in [1.29, 1.82) is 0 Å². The maximum Gasteiger partial charge on any atom is 0.243 e. The van der Waals surface area contributed by atoms with Gasteiger partial charge in [-0.2, -0.15) is 0 Å². The van der Waals surface area contributed by atoms with E-state index in [-0.39, 0.29) is 11.9 Å². The normalized spacial score (nSPS) is 21.1.